The first-order chi connectivity index (χ1) is 8.81. The average Bonchev–Trinajstić information content (AvgIpc) is 2.24. The van der Waals surface area contributed by atoms with Crippen LogP contribution in [0, 0.1) is 20.8 Å². The molecule has 0 N–H and O–H groups in total. The van der Waals surface area contributed by atoms with Crippen molar-refractivity contribution < 1.29 is 4.79 Å². The van der Waals surface area contributed by atoms with Gasteiger partial charge in [0.05, 0.1) is 6.54 Å². The van der Waals surface area contributed by atoms with Gasteiger partial charge in [-0.25, -0.2) is 0 Å². The van der Waals surface area contributed by atoms with E-state index in [4.69, 9.17) is 0 Å². The lowest BCUT2D eigenvalue weighted by Gasteiger charge is -2.19. The van der Waals surface area contributed by atoms with Crippen LogP contribution in [0.4, 0.5) is 0 Å². The van der Waals surface area contributed by atoms with E-state index in [1.165, 1.54) is 5.56 Å². The molecule has 0 saturated heterocycles. The average molecular weight is 262 g/mol. The van der Waals surface area contributed by atoms with Crippen molar-refractivity contribution in [1.82, 2.24) is 9.80 Å². The Kier molecular flexibility index (Phi) is 5.70. The van der Waals surface area contributed by atoms with Crippen LogP contribution >= 0.6 is 0 Å². The lowest BCUT2D eigenvalue weighted by Crippen LogP contribution is -2.33. The van der Waals surface area contributed by atoms with Gasteiger partial charge in [0.1, 0.15) is 0 Å². The van der Waals surface area contributed by atoms with Crippen molar-refractivity contribution in [2.24, 2.45) is 0 Å². The van der Waals surface area contributed by atoms with Gasteiger partial charge in [-0.15, -0.1) is 0 Å². The van der Waals surface area contributed by atoms with Crippen LogP contribution in [0.15, 0.2) is 12.1 Å². The summed E-state index contributed by atoms with van der Waals surface area (Å²) in [5, 5.41) is 0. The minimum atomic E-state index is 0.219. The van der Waals surface area contributed by atoms with Crippen LogP contribution in [0.3, 0.4) is 0 Å². The summed E-state index contributed by atoms with van der Waals surface area (Å²) < 4.78 is 0. The molecule has 1 rings (SSSR count). The quantitative estimate of drug-likeness (QED) is 0.735. The van der Waals surface area contributed by atoms with Crippen molar-refractivity contribution >= 4 is 5.78 Å². The van der Waals surface area contributed by atoms with Crippen molar-refractivity contribution in [3.63, 3.8) is 0 Å². The summed E-state index contributed by atoms with van der Waals surface area (Å²) in [6.07, 6.45) is 0. The van der Waals surface area contributed by atoms with Crippen molar-refractivity contribution in [3.8, 4) is 0 Å². The number of carbonyl (C=O) groups is 1. The van der Waals surface area contributed by atoms with Crippen LogP contribution in [-0.4, -0.2) is 56.4 Å². The highest BCUT2D eigenvalue weighted by molar-refractivity contribution is 6.00. The van der Waals surface area contributed by atoms with Crippen LogP contribution in [0.25, 0.3) is 0 Å². The summed E-state index contributed by atoms with van der Waals surface area (Å²) in [7, 11) is 6.09. The molecular weight excluding hydrogens is 236 g/mol. The molecule has 0 aliphatic carbocycles. The van der Waals surface area contributed by atoms with Crippen molar-refractivity contribution in [3.05, 3.63) is 34.4 Å². The Morgan fingerprint density at radius 2 is 1.53 bits per heavy atom. The van der Waals surface area contributed by atoms with Gasteiger partial charge in [0.15, 0.2) is 5.78 Å². The molecule has 0 aromatic heterocycles. The number of carbonyl (C=O) groups excluding carboxylic acids is 1. The van der Waals surface area contributed by atoms with Crippen molar-refractivity contribution in [2.75, 3.05) is 40.8 Å². The highest BCUT2D eigenvalue weighted by atomic mass is 16.1. The third kappa shape index (κ3) is 4.77. The first-order valence-corrected chi connectivity index (χ1v) is 6.75. The van der Waals surface area contributed by atoms with E-state index in [0.29, 0.717) is 6.54 Å². The molecule has 0 aliphatic rings. The molecule has 0 spiro atoms. The van der Waals surface area contributed by atoms with Gasteiger partial charge >= 0.3 is 0 Å². The van der Waals surface area contributed by atoms with E-state index in [2.05, 4.69) is 28.9 Å². The molecule has 0 fully saturated rings. The van der Waals surface area contributed by atoms with Gasteiger partial charge < -0.3 is 4.90 Å². The smallest absolute Gasteiger partial charge is 0.177 e. The maximum atomic E-state index is 12.4. The molecule has 19 heavy (non-hydrogen) atoms. The Morgan fingerprint density at radius 3 is 2.00 bits per heavy atom. The van der Waals surface area contributed by atoms with E-state index >= 15 is 0 Å². The predicted molar refractivity (Wildman–Crippen MR) is 81.0 cm³/mol. The molecule has 0 saturated carbocycles. The third-order valence-electron chi connectivity index (χ3n) is 3.30. The minimum Gasteiger partial charge on any atom is -0.308 e. The van der Waals surface area contributed by atoms with E-state index in [0.717, 1.165) is 29.8 Å². The number of benzene rings is 1. The molecule has 0 amide bonds. The zero-order valence-electron chi connectivity index (χ0n) is 13.1. The second kappa shape index (κ2) is 6.83. The summed E-state index contributed by atoms with van der Waals surface area (Å²) in [6, 6.07) is 4.17. The Balaban J connectivity index is 2.73. The number of nitrogens with zero attached hydrogens (tertiary/aromatic N) is 2. The van der Waals surface area contributed by atoms with Gasteiger partial charge in [-0.1, -0.05) is 17.7 Å². The summed E-state index contributed by atoms with van der Waals surface area (Å²) in [4.78, 5) is 16.6. The summed E-state index contributed by atoms with van der Waals surface area (Å²) in [6.45, 7) is 8.47. The largest absolute Gasteiger partial charge is 0.308 e. The van der Waals surface area contributed by atoms with Gasteiger partial charge in [0, 0.05) is 18.7 Å². The van der Waals surface area contributed by atoms with E-state index in [-0.39, 0.29) is 5.78 Å². The first kappa shape index (κ1) is 15.9. The molecule has 1 aromatic carbocycles. The van der Waals surface area contributed by atoms with Gasteiger partial charge in [0.2, 0.25) is 0 Å². The summed E-state index contributed by atoms with van der Waals surface area (Å²) in [5.74, 6) is 0.219. The fraction of sp³-hybridized carbons (Fsp3) is 0.562. The number of hydrogen-bond acceptors (Lipinski definition) is 3. The summed E-state index contributed by atoms with van der Waals surface area (Å²) >= 11 is 0. The van der Waals surface area contributed by atoms with Crippen LogP contribution in [-0.2, 0) is 0 Å². The lowest BCUT2D eigenvalue weighted by molar-refractivity contribution is 0.0941. The van der Waals surface area contributed by atoms with Crippen LogP contribution in [0.5, 0.6) is 0 Å². The highest BCUT2D eigenvalue weighted by Gasteiger charge is 2.14. The maximum absolute atomic E-state index is 12.4. The van der Waals surface area contributed by atoms with Gasteiger partial charge in [0.25, 0.3) is 0 Å². The number of Topliss-reactive ketones (excluding diaryl/α,β-unsaturated/α-hetero) is 1. The molecule has 0 aliphatic heterocycles. The standard InChI is InChI=1S/C16H26N2O/c1-12-9-13(2)16(14(3)10-12)15(19)11-18(6)8-7-17(4)5/h9-10H,7-8,11H2,1-6H3. The molecule has 0 unspecified atom stereocenters. The summed E-state index contributed by atoms with van der Waals surface area (Å²) in [5.41, 5.74) is 4.28. The fourth-order valence-corrected chi connectivity index (χ4v) is 2.39. The number of ketones is 1. The SMILES string of the molecule is Cc1cc(C)c(C(=O)CN(C)CCN(C)C)c(C)c1. The monoisotopic (exact) mass is 262 g/mol. The molecule has 0 atom stereocenters. The zero-order chi connectivity index (χ0) is 14.6. The molecular formula is C16H26N2O. The van der Waals surface area contributed by atoms with E-state index in [1.54, 1.807) is 0 Å². The minimum absolute atomic E-state index is 0.219. The maximum Gasteiger partial charge on any atom is 0.177 e. The van der Waals surface area contributed by atoms with Crippen molar-refractivity contribution in [2.45, 2.75) is 20.8 Å². The third-order valence-corrected chi connectivity index (χ3v) is 3.30. The Bertz CT molecular complexity index is 429. The first-order valence-electron chi connectivity index (χ1n) is 6.75. The molecule has 1 aromatic rings. The van der Waals surface area contributed by atoms with Gasteiger partial charge in [-0.05, 0) is 53.0 Å². The van der Waals surface area contributed by atoms with Crippen LogP contribution in [0.1, 0.15) is 27.0 Å². The number of rotatable bonds is 6. The molecule has 0 heterocycles. The fourth-order valence-electron chi connectivity index (χ4n) is 2.39. The van der Waals surface area contributed by atoms with Gasteiger partial charge in [-0.3, -0.25) is 9.69 Å². The van der Waals surface area contributed by atoms with E-state index in [1.807, 2.05) is 35.0 Å². The van der Waals surface area contributed by atoms with E-state index in [9.17, 15) is 4.79 Å². The second-order valence-corrected chi connectivity index (χ2v) is 5.74. The Labute approximate surface area is 117 Å². The Morgan fingerprint density at radius 1 is 1.00 bits per heavy atom. The molecule has 3 heteroatoms. The molecule has 0 bridgehead atoms. The van der Waals surface area contributed by atoms with Gasteiger partial charge in [-0.2, -0.15) is 0 Å². The molecule has 106 valence electrons. The van der Waals surface area contributed by atoms with Crippen molar-refractivity contribution in [1.29, 1.82) is 0 Å². The normalized spacial score (nSPS) is 11.4. The van der Waals surface area contributed by atoms with Crippen LogP contribution in [0.2, 0.25) is 0 Å². The number of hydrogen-bond donors (Lipinski definition) is 0. The lowest BCUT2D eigenvalue weighted by atomic mass is 9.96. The van der Waals surface area contributed by atoms with E-state index < -0.39 is 0 Å². The zero-order valence-corrected chi connectivity index (χ0v) is 13.1. The predicted octanol–water partition coefficient (Wildman–Crippen LogP) is 2.29. The number of likely N-dealkylation sites (N-methyl/N-ethyl adjacent to an activating group) is 2. The number of aryl methyl sites for hydroxylation is 3. The molecule has 3 nitrogen and oxygen atoms in total. The Hall–Kier alpha value is -1.19. The highest BCUT2D eigenvalue weighted by Crippen LogP contribution is 2.17. The topological polar surface area (TPSA) is 23.6 Å². The van der Waals surface area contributed by atoms with Crippen LogP contribution < -0.4 is 0 Å². The second-order valence-electron chi connectivity index (χ2n) is 5.74. The molecule has 0 radical (unpaired) electrons.